The molecular weight excluding hydrogens is 288 g/mol. The highest BCUT2D eigenvalue weighted by Crippen LogP contribution is 2.22. The van der Waals surface area contributed by atoms with Gasteiger partial charge in [0, 0.05) is 32.4 Å². The summed E-state index contributed by atoms with van der Waals surface area (Å²) in [6.07, 6.45) is 2.62. The lowest BCUT2D eigenvalue weighted by molar-refractivity contribution is 0.0777. The minimum atomic E-state index is 0.0155. The highest BCUT2D eigenvalue weighted by molar-refractivity contribution is 6.33. The Hall–Kier alpha value is -1.33. The number of nitrogens with one attached hydrogen (secondary N) is 1. The quantitative estimate of drug-likeness (QED) is 0.907. The summed E-state index contributed by atoms with van der Waals surface area (Å²) >= 11 is 6.10. The molecule has 1 atom stereocenters. The Morgan fingerprint density at radius 3 is 2.81 bits per heavy atom. The van der Waals surface area contributed by atoms with E-state index >= 15 is 0 Å². The predicted molar refractivity (Wildman–Crippen MR) is 86.0 cm³/mol. The zero-order chi connectivity index (χ0) is 15.4. The van der Waals surface area contributed by atoms with Crippen LogP contribution in [0.5, 0.6) is 0 Å². The van der Waals surface area contributed by atoms with Crippen molar-refractivity contribution in [1.82, 2.24) is 14.8 Å². The van der Waals surface area contributed by atoms with Gasteiger partial charge in [-0.25, -0.2) is 4.98 Å². The summed E-state index contributed by atoms with van der Waals surface area (Å²) in [6, 6.07) is 2.15. The Morgan fingerprint density at radius 1 is 1.52 bits per heavy atom. The molecule has 1 saturated heterocycles. The van der Waals surface area contributed by atoms with Gasteiger partial charge in [-0.1, -0.05) is 25.4 Å². The number of aromatic nitrogens is 1. The molecule has 1 aliphatic rings. The van der Waals surface area contributed by atoms with E-state index in [4.69, 9.17) is 11.6 Å². The average Bonchev–Trinajstić information content (AvgIpc) is 2.97. The number of pyridine rings is 1. The lowest BCUT2D eigenvalue weighted by Crippen LogP contribution is -2.38. The number of rotatable bonds is 5. The SMILES string of the molecule is CCN(CC)C1CCN(C(=O)c2cnc(NC)c(Cl)c2)C1. The third-order valence-corrected chi connectivity index (χ3v) is 4.39. The van der Waals surface area contributed by atoms with E-state index in [2.05, 4.69) is 29.0 Å². The fraction of sp³-hybridized carbons (Fsp3) is 0.600. The highest BCUT2D eigenvalue weighted by Gasteiger charge is 2.29. The summed E-state index contributed by atoms with van der Waals surface area (Å²) in [5, 5.41) is 3.37. The van der Waals surface area contributed by atoms with Crippen molar-refractivity contribution in [3.63, 3.8) is 0 Å². The molecule has 1 fully saturated rings. The summed E-state index contributed by atoms with van der Waals surface area (Å²) in [7, 11) is 1.75. The minimum Gasteiger partial charge on any atom is -0.372 e. The number of amides is 1. The van der Waals surface area contributed by atoms with Gasteiger partial charge in [-0.2, -0.15) is 0 Å². The van der Waals surface area contributed by atoms with Gasteiger partial charge < -0.3 is 10.2 Å². The molecule has 1 unspecified atom stereocenters. The van der Waals surface area contributed by atoms with Gasteiger partial charge in [0.1, 0.15) is 5.82 Å². The van der Waals surface area contributed by atoms with E-state index in [0.29, 0.717) is 22.4 Å². The van der Waals surface area contributed by atoms with Crippen LogP contribution in [0.3, 0.4) is 0 Å². The van der Waals surface area contributed by atoms with E-state index < -0.39 is 0 Å². The van der Waals surface area contributed by atoms with Crippen LogP contribution in [0.25, 0.3) is 0 Å². The summed E-state index contributed by atoms with van der Waals surface area (Å²) in [5.41, 5.74) is 0.555. The first-order valence-corrected chi connectivity index (χ1v) is 7.85. The number of halogens is 1. The van der Waals surface area contributed by atoms with Crippen molar-refractivity contribution in [2.75, 3.05) is 38.5 Å². The maximum absolute atomic E-state index is 12.5. The van der Waals surface area contributed by atoms with Crippen molar-refractivity contribution >= 4 is 23.3 Å². The Morgan fingerprint density at radius 2 is 2.24 bits per heavy atom. The van der Waals surface area contributed by atoms with Crippen LogP contribution in [0.2, 0.25) is 5.02 Å². The molecule has 2 rings (SSSR count). The van der Waals surface area contributed by atoms with Crippen LogP contribution in [-0.4, -0.2) is 60.0 Å². The van der Waals surface area contributed by atoms with Gasteiger partial charge >= 0.3 is 0 Å². The highest BCUT2D eigenvalue weighted by atomic mass is 35.5. The normalized spacial score (nSPS) is 18.3. The minimum absolute atomic E-state index is 0.0155. The van der Waals surface area contributed by atoms with Crippen molar-refractivity contribution in [2.45, 2.75) is 26.3 Å². The van der Waals surface area contributed by atoms with Crippen LogP contribution >= 0.6 is 11.6 Å². The van der Waals surface area contributed by atoms with Crippen molar-refractivity contribution in [2.24, 2.45) is 0 Å². The van der Waals surface area contributed by atoms with E-state index in [-0.39, 0.29) is 5.91 Å². The first kappa shape index (κ1) is 16.0. The maximum Gasteiger partial charge on any atom is 0.255 e. The summed E-state index contributed by atoms with van der Waals surface area (Å²) < 4.78 is 0. The van der Waals surface area contributed by atoms with Gasteiger partial charge in [0.15, 0.2) is 0 Å². The molecule has 2 heterocycles. The monoisotopic (exact) mass is 310 g/mol. The van der Waals surface area contributed by atoms with E-state index in [0.717, 1.165) is 32.6 Å². The van der Waals surface area contributed by atoms with Crippen molar-refractivity contribution in [3.05, 3.63) is 22.8 Å². The van der Waals surface area contributed by atoms with Crippen molar-refractivity contribution in [1.29, 1.82) is 0 Å². The topological polar surface area (TPSA) is 48.5 Å². The predicted octanol–water partition coefficient (Wildman–Crippen LogP) is 2.33. The lowest BCUT2D eigenvalue weighted by Gasteiger charge is -2.26. The second-order valence-corrected chi connectivity index (χ2v) is 5.63. The second-order valence-electron chi connectivity index (χ2n) is 5.22. The third kappa shape index (κ3) is 3.47. The van der Waals surface area contributed by atoms with Crippen molar-refractivity contribution < 1.29 is 4.79 Å². The molecule has 1 aromatic rings. The van der Waals surface area contributed by atoms with Gasteiger partial charge in [-0.3, -0.25) is 9.69 Å². The molecule has 1 aliphatic heterocycles. The Balaban J connectivity index is 2.06. The molecule has 6 heteroatoms. The standard InChI is InChI=1S/C15H23ClN4O/c1-4-19(5-2)12-6-7-20(10-12)15(21)11-8-13(16)14(17-3)18-9-11/h8-9,12H,4-7,10H2,1-3H3,(H,17,18). The number of nitrogens with zero attached hydrogens (tertiary/aromatic N) is 3. The Labute approximate surface area is 131 Å². The van der Waals surface area contributed by atoms with Crippen molar-refractivity contribution in [3.8, 4) is 0 Å². The van der Waals surface area contributed by atoms with Crippen LogP contribution in [0.15, 0.2) is 12.3 Å². The maximum atomic E-state index is 12.5. The first-order chi connectivity index (χ1) is 10.1. The third-order valence-electron chi connectivity index (χ3n) is 4.10. The molecule has 116 valence electrons. The molecule has 1 aromatic heterocycles. The van der Waals surface area contributed by atoms with Gasteiger partial charge in [-0.05, 0) is 25.6 Å². The number of hydrogen-bond donors (Lipinski definition) is 1. The largest absolute Gasteiger partial charge is 0.372 e. The molecule has 1 N–H and O–H groups in total. The van der Waals surface area contributed by atoms with Crippen LogP contribution in [0.1, 0.15) is 30.6 Å². The molecular formula is C15H23ClN4O. The smallest absolute Gasteiger partial charge is 0.255 e. The first-order valence-electron chi connectivity index (χ1n) is 7.47. The van der Waals surface area contributed by atoms with Crippen LogP contribution < -0.4 is 5.32 Å². The molecule has 0 bridgehead atoms. The molecule has 0 spiro atoms. The molecule has 5 nitrogen and oxygen atoms in total. The lowest BCUT2D eigenvalue weighted by atomic mass is 10.2. The molecule has 0 aromatic carbocycles. The van der Waals surface area contributed by atoms with E-state index in [1.165, 1.54) is 0 Å². The van der Waals surface area contributed by atoms with Crippen LogP contribution in [0.4, 0.5) is 5.82 Å². The summed E-state index contributed by atoms with van der Waals surface area (Å²) in [4.78, 5) is 21.0. The van der Waals surface area contributed by atoms with Gasteiger partial charge in [-0.15, -0.1) is 0 Å². The number of carbonyl (C=O) groups excluding carboxylic acids is 1. The molecule has 1 amide bonds. The number of likely N-dealkylation sites (N-methyl/N-ethyl adjacent to an activating group) is 1. The van der Waals surface area contributed by atoms with Gasteiger partial charge in [0.05, 0.1) is 10.6 Å². The fourth-order valence-electron chi connectivity index (χ4n) is 2.89. The Kier molecular flexibility index (Phi) is 5.42. The van der Waals surface area contributed by atoms with E-state index in [9.17, 15) is 4.79 Å². The van der Waals surface area contributed by atoms with E-state index in [1.807, 2.05) is 4.90 Å². The van der Waals surface area contributed by atoms with Crippen LogP contribution in [0, 0.1) is 0 Å². The summed E-state index contributed by atoms with van der Waals surface area (Å²) in [5.74, 6) is 0.609. The number of hydrogen-bond acceptors (Lipinski definition) is 4. The zero-order valence-corrected chi connectivity index (χ0v) is 13.7. The molecule has 0 saturated carbocycles. The fourth-order valence-corrected chi connectivity index (χ4v) is 3.15. The molecule has 0 aliphatic carbocycles. The average molecular weight is 311 g/mol. The number of likely N-dealkylation sites (tertiary alicyclic amines) is 1. The second kappa shape index (κ2) is 7.09. The zero-order valence-electron chi connectivity index (χ0n) is 12.9. The van der Waals surface area contributed by atoms with Gasteiger partial charge in [0.25, 0.3) is 5.91 Å². The number of anilines is 1. The van der Waals surface area contributed by atoms with Crippen LogP contribution in [-0.2, 0) is 0 Å². The molecule has 21 heavy (non-hydrogen) atoms. The molecule has 0 radical (unpaired) electrons. The van der Waals surface area contributed by atoms with Gasteiger partial charge in [0.2, 0.25) is 0 Å². The van der Waals surface area contributed by atoms with E-state index in [1.54, 1.807) is 19.3 Å². The summed E-state index contributed by atoms with van der Waals surface area (Å²) in [6.45, 7) is 7.94. The Bertz CT molecular complexity index is 504. The number of carbonyl (C=O) groups is 1.